The van der Waals surface area contributed by atoms with Gasteiger partial charge in [-0.3, -0.25) is 0 Å². The van der Waals surface area contributed by atoms with Gasteiger partial charge >= 0.3 is 0 Å². The minimum Gasteiger partial charge on any atom is -0.445 e. The van der Waals surface area contributed by atoms with Crippen LogP contribution in [0.15, 0.2) is 64.5 Å². The van der Waals surface area contributed by atoms with Gasteiger partial charge in [-0.25, -0.2) is 8.42 Å². The largest absolute Gasteiger partial charge is 0.445 e. The highest BCUT2D eigenvalue weighted by Crippen LogP contribution is 2.26. The van der Waals surface area contributed by atoms with Crippen molar-refractivity contribution in [3.05, 3.63) is 70.1 Å². The third kappa shape index (κ3) is 4.62. The maximum atomic E-state index is 11.8. The van der Waals surface area contributed by atoms with Crippen LogP contribution >= 0.6 is 0 Å². The van der Waals surface area contributed by atoms with Gasteiger partial charge in [0.05, 0.1) is 0 Å². The van der Waals surface area contributed by atoms with Crippen molar-refractivity contribution in [2.75, 3.05) is 25.3 Å². The van der Waals surface area contributed by atoms with Crippen molar-refractivity contribution in [2.45, 2.75) is 0 Å². The first-order chi connectivity index (χ1) is 12.2. The monoisotopic (exact) mass is 367 g/mol. The number of nitrogens with zero attached hydrogens (tertiary/aromatic N) is 3. The molecule has 1 aromatic rings. The Morgan fingerprint density at radius 1 is 1.08 bits per heavy atom. The van der Waals surface area contributed by atoms with Crippen LogP contribution in [0.4, 0.5) is 5.69 Å². The second-order valence-electron chi connectivity index (χ2n) is 5.76. The number of rotatable bonds is 4. The van der Waals surface area contributed by atoms with Gasteiger partial charge in [-0.1, -0.05) is 18.2 Å². The average molecular weight is 367 g/mol. The summed E-state index contributed by atoms with van der Waals surface area (Å²) in [5.41, 5.74) is 1.96. The van der Waals surface area contributed by atoms with Gasteiger partial charge in [-0.2, -0.15) is 10.5 Å². The van der Waals surface area contributed by atoms with Crippen LogP contribution in [0.25, 0.3) is 6.08 Å². The van der Waals surface area contributed by atoms with Crippen molar-refractivity contribution in [1.29, 1.82) is 10.5 Å². The molecule has 0 aliphatic carbocycles. The Morgan fingerprint density at radius 3 is 2.19 bits per heavy atom. The van der Waals surface area contributed by atoms with Gasteiger partial charge < -0.3 is 9.64 Å². The van der Waals surface area contributed by atoms with E-state index < -0.39 is 9.84 Å². The molecule has 0 aromatic heterocycles. The SMILES string of the molecule is CN(C)c1ccc(C=CC2=CC(=C(C#N)C#N)C=C(S(C)(=O)=O)O2)cc1. The summed E-state index contributed by atoms with van der Waals surface area (Å²) in [5.74, 6) is 0.225. The molecule has 6 nitrogen and oxygen atoms in total. The molecule has 0 fully saturated rings. The third-order valence-electron chi connectivity index (χ3n) is 3.52. The van der Waals surface area contributed by atoms with Gasteiger partial charge in [-0.05, 0) is 29.8 Å². The van der Waals surface area contributed by atoms with Crippen molar-refractivity contribution in [2.24, 2.45) is 0 Å². The summed E-state index contributed by atoms with van der Waals surface area (Å²) >= 11 is 0. The summed E-state index contributed by atoms with van der Waals surface area (Å²) in [6.07, 6.45) is 6.99. The van der Waals surface area contributed by atoms with E-state index in [2.05, 4.69) is 0 Å². The molecule has 1 aliphatic heterocycles. The summed E-state index contributed by atoms with van der Waals surface area (Å²) in [6, 6.07) is 11.2. The predicted molar refractivity (Wildman–Crippen MR) is 100 cm³/mol. The molecule has 0 N–H and O–H groups in total. The molecule has 2 rings (SSSR count). The molecule has 0 bridgehead atoms. The first-order valence-corrected chi connectivity index (χ1v) is 9.45. The lowest BCUT2D eigenvalue weighted by molar-refractivity contribution is 0.342. The molecule has 0 amide bonds. The lowest BCUT2D eigenvalue weighted by Gasteiger charge is -2.15. The minimum atomic E-state index is -3.63. The van der Waals surface area contributed by atoms with Crippen LogP contribution < -0.4 is 4.90 Å². The van der Waals surface area contributed by atoms with E-state index in [9.17, 15) is 8.42 Å². The Bertz CT molecular complexity index is 997. The molecule has 0 spiro atoms. The fourth-order valence-corrected chi connectivity index (χ4v) is 2.71. The highest BCUT2D eigenvalue weighted by Gasteiger charge is 2.20. The van der Waals surface area contributed by atoms with E-state index in [4.69, 9.17) is 15.3 Å². The molecular weight excluding hydrogens is 350 g/mol. The van der Waals surface area contributed by atoms with Crippen molar-refractivity contribution in [3.8, 4) is 12.1 Å². The van der Waals surface area contributed by atoms with Crippen LogP contribution in [0, 0.1) is 22.7 Å². The van der Waals surface area contributed by atoms with E-state index in [1.165, 1.54) is 12.2 Å². The first kappa shape index (κ1) is 19.0. The van der Waals surface area contributed by atoms with Gasteiger partial charge in [0.1, 0.15) is 23.5 Å². The van der Waals surface area contributed by atoms with Crippen LogP contribution in [0.2, 0.25) is 0 Å². The number of hydrogen-bond donors (Lipinski definition) is 0. The van der Waals surface area contributed by atoms with Gasteiger partial charge in [0.25, 0.3) is 0 Å². The lowest BCUT2D eigenvalue weighted by Crippen LogP contribution is -2.09. The lowest BCUT2D eigenvalue weighted by atomic mass is 10.1. The van der Waals surface area contributed by atoms with E-state index in [0.717, 1.165) is 17.5 Å². The zero-order chi connectivity index (χ0) is 19.3. The van der Waals surface area contributed by atoms with Crippen LogP contribution in [0.3, 0.4) is 0 Å². The Hall–Kier alpha value is -3.29. The highest BCUT2D eigenvalue weighted by atomic mass is 32.2. The molecule has 0 radical (unpaired) electrons. The molecule has 0 saturated carbocycles. The number of benzene rings is 1. The van der Waals surface area contributed by atoms with E-state index in [1.807, 2.05) is 43.3 Å². The third-order valence-corrected chi connectivity index (χ3v) is 4.45. The molecule has 1 aromatic carbocycles. The molecule has 0 unspecified atom stereocenters. The normalized spacial score (nSPS) is 14.0. The quantitative estimate of drug-likeness (QED) is 0.760. The van der Waals surface area contributed by atoms with Gasteiger partial charge in [0, 0.05) is 37.7 Å². The van der Waals surface area contributed by atoms with E-state index in [0.29, 0.717) is 0 Å². The maximum absolute atomic E-state index is 11.8. The summed E-state index contributed by atoms with van der Waals surface area (Å²) < 4.78 is 29.0. The fourth-order valence-electron chi connectivity index (χ4n) is 2.12. The van der Waals surface area contributed by atoms with Crippen molar-refractivity contribution in [3.63, 3.8) is 0 Å². The summed E-state index contributed by atoms with van der Waals surface area (Å²) in [4.78, 5) is 1.98. The molecule has 26 heavy (non-hydrogen) atoms. The van der Waals surface area contributed by atoms with Crippen molar-refractivity contribution in [1.82, 2.24) is 0 Å². The van der Waals surface area contributed by atoms with Gasteiger partial charge in [0.2, 0.25) is 14.9 Å². The maximum Gasteiger partial charge on any atom is 0.218 e. The molecule has 7 heteroatoms. The summed E-state index contributed by atoms with van der Waals surface area (Å²) in [6.45, 7) is 0. The second kappa shape index (κ2) is 7.73. The number of ether oxygens (including phenoxy) is 1. The van der Waals surface area contributed by atoms with E-state index >= 15 is 0 Å². The molecule has 132 valence electrons. The molecule has 0 saturated heterocycles. The Balaban J connectivity index is 2.38. The molecule has 1 aliphatic rings. The first-order valence-electron chi connectivity index (χ1n) is 7.56. The molecule has 0 atom stereocenters. The molecular formula is C19H17N3O3S. The van der Waals surface area contributed by atoms with E-state index in [-0.39, 0.29) is 22.0 Å². The number of hydrogen-bond acceptors (Lipinski definition) is 6. The van der Waals surface area contributed by atoms with Gasteiger partial charge in [-0.15, -0.1) is 0 Å². The number of sulfone groups is 1. The van der Waals surface area contributed by atoms with Crippen LogP contribution in [-0.2, 0) is 14.6 Å². The topological polar surface area (TPSA) is 94.2 Å². The second-order valence-corrected chi connectivity index (χ2v) is 7.70. The minimum absolute atomic E-state index is 0.185. The Kier molecular flexibility index (Phi) is 5.66. The number of anilines is 1. The zero-order valence-corrected chi connectivity index (χ0v) is 15.4. The summed E-state index contributed by atoms with van der Waals surface area (Å²) in [5, 5.41) is 17.8. The van der Waals surface area contributed by atoms with Crippen LogP contribution in [0.5, 0.6) is 0 Å². The Labute approximate surface area is 153 Å². The fraction of sp³-hybridized carbons (Fsp3) is 0.158. The summed E-state index contributed by atoms with van der Waals surface area (Å²) in [7, 11) is 0.256. The van der Waals surface area contributed by atoms with Crippen LogP contribution in [0.1, 0.15) is 5.56 Å². The smallest absolute Gasteiger partial charge is 0.218 e. The Morgan fingerprint density at radius 2 is 1.69 bits per heavy atom. The zero-order valence-electron chi connectivity index (χ0n) is 14.6. The van der Waals surface area contributed by atoms with Crippen molar-refractivity contribution >= 4 is 21.6 Å². The average Bonchev–Trinajstić information content (AvgIpc) is 2.60. The van der Waals surface area contributed by atoms with Gasteiger partial charge in [0.15, 0.2) is 0 Å². The number of nitriles is 2. The molecule has 1 heterocycles. The highest BCUT2D eigenvalue weighted by molar-refractivity contribution is 7.94. The van der Waals surface area contributed by atoms with Crippen molar-refractivity contribution < 1.29 is 13.2 Å². The van der Waals surface area contributed by atoms with Crippen LogP contribution in [-0.4, -0.2) is 28.8 Å². The standard InChI is InChI=1S/C19H17N3O3S/c1-22(2)17-7-4-14(5-8-17)6-9-18-10-15(16(12-20)13-21)11-19(25-18)26(3,23)24/h4-11H,1-3H3. The number of allylic oxidation sites excluding steroid dienone is 5. The predicted octanol–water partition coefficient (Wildman–Crippen LogP) is 2.91. The van der Waals surface area contributed by atoms with E-state index in [1.54, 1.807) is 24.3 Å².